The molecule has 130 valence electrons. The Morgan fingerprint density at radius 1 is 1.24 bits per heavy atom. The van der Waals surface area contributed by atoms with E-state index in [0.29, 0.717) is 5.56 Å². The van der Waals surface area contributed by atoms with Gasteiger partial charge in [0.1, 0.15) is 6.07 Å². The van der Waals surface area contributed by atoms with Gasteiger partial charge in [-0.1, -0.05) is 18.2 Å². The normalized spacial score (nSPS) is 10.5. The second-order valence-corrected chi connectivity index (χ2v) is 4.52. The quantitative estimate of drug-likeness (QED) is 0.340. The molecule has 0 spiro atoms. The van der Waals surface area contributed by atoms with Crippen LogP contribution in [0.25, 0.3) is 6.08 Å². The van der Waals surface area contributed by atoms with E-state index in [-0.39, 0.29) is 28.6 Å². The highest BCUT2D eigenvalue weighted by Crippen LogP contribution is 2.37. The molecule has 0 saturated heterocycles. The fourth-order valence-corrected chi connectivity index (χ4v) is 1.67. The number of aromatic amines is 1. The third kappa shape index (κ3) is 6.54. The molecule has 0 unspecified atom stereocenters. The number of aromatic nitrogens is 1. The highest BCUT2D eigenvalue weighted by Gasteiger charge is 2.09. The summed E-state index contributed by atoms with van der Waals surface area (Å²) in [5.74, 6) is 0.0986. The minimum absolute atomic E-state index is 0.0532. The molecule has 0 aliphatic heterocycles. The first-order chi connectivity index (χ1) is 12.0. The number of nitrogens with one attached hydrogen (secondary N) is 1. The summed E-state index contributed by atoms with van der Waals surface area (Å²) < 4.78 is 9.99. The van der Waals surface area contributed by atoms with E-state index in [1.165, 1.54) is 32.4 Å². The first kappa shape index (κ1) is 19.4. The highest BCUT2D eigenvalue weighted by molar-refractivity contribution is 5.62. The number of hydrogen-bond acceptors (Lipinski definition) is 6. The Balaban J connectivity index is 0.000000370. The average molecular weight is 342 g/mol. The van der Waals surface area contributed by atoms with E-state index in [1.807, 2.05) is 0 Å². The number of aliphatic hydroxyl groups is 1. The summed E-state index contributed by atoms with van der Waals surface area (Å²) in [6.07, 6.45) is 6.00. The van der Waals surface area contributed by atoms with Crippen molar-refractivity contribution in [1.82, 2.24) is 4.98 Å². The van der Waals surface area contributed by atoms with Crippen molar-refractivity contribution in [3.8, 4) is 23.3 Å². The van der Waals surface area contributed by atoms with Crippen molar-refractivity contribution in [3.05, 3.63) is 70.4 Å². The van der Waals surface area contributed by atoms with Gasteiger partial charge in [-0.2, -0.15) is 5.26 Å². The Labute approximate surface area is 144 Å². The van der Waals surface area contributed by atoms with Crippen molar-refractivity contribution in [2.75, 3.05) is 14.2 Å². The molecule has 2 aromatic rings. The Morgan fingerprint density at radius 3 is 2.28 bits per heavy atom. The fraction of sp³-hybridized carbons (Fsp3) is 0.111. The molecule has 0 bridgehead atoms. The molecule has 3 N–H and O–H groups in total. The number of hydrogen-bond donors (Lipinski definition) is 3. The van der Waals surface area contributed by atoms with Gasteiger partial charge in [-0.05, 0) is 29.8 Å². The molecule has 7 heteroatoms. The maximum absolute atomic E-state index is 10.2. The number of ether oxygens (including phenoxy) is 2. The first-order valence-corrected chi connectivity index (χ1v) is 7.08. The first-order valence-electron chi connectivity index (χ1n) is 7.08. The number of phenols is 1. The molecule has 2 rings (SSSR count). The zero-order valence-electron chi connectivity index (χ0n) is 13.8. The van der Waals surface area contributed by atoms with Gasteiger partial charge in [0, 0.05) is 12.3 Å². The van der Waals surface area contributed by atoms with E-state index in [9.17, 15) is 9.90 Å². The van der Waals surface area contributed by atoms with Crippen LogP contribution in [-0.4, -0.2) is 29.4 Å². The maximum Gasteiger partial charge on any atom is 0.247 e. The molecule has 0 aliphatic rings. The van der Waals surface area contributed by atoms with Crippen molar-refractivity contribution < 1.29 is 19.7 Å². The van der Waals surface area contributed by atoms with Crippen LogP contribution in [0.15, 0.2) is 59.2 Å². The van der Waals surface area contributed by atoms with Crippen LogP contribution in [0.2, 0.25) is 0 Å². The van der Waals surface area contributed by atoms with Crippen LogP contribution < -0.4 is 15.0 Å². The van der Waals surface area contributed by atoms with Crippen molar-refractivity contribution >= 4 is 6.08 Å². The number of phenolic OH excluding ortho intramolecular Hbond substituents is 1. The second kappa shape index (κ2) is 10.2. The van der Waals surface area contributed by atoms with Crippen LogP contribution >= 0.6 is 0 Å². The second-order valence-electron chi connectivity index (χ2n) is 4.52. The third-order valence-corrected chi connectivity index (χ3v) is 2.84. The van der Waals surface area contributed by atoms with Crippen LogP contribution in [0.5, 0.6) is 17.2 Å². The molecule has 0 amide bonds. The molecular formula is C18H18N2O5. The lowest BCUT2D eigenvalue weighted by Crippen LogP contribution is -1.98. The highest BCUT2D eigenvalue weighted by atomic mass is 16.5. The summed E-state index contributed by atoms with van der Waals surface area (Å²) in [6.45, 7) is 0. The number of allylic oxidation sites excluding steroid dienone is 3. The molecular weight excluding hydrogens is 324 g/mol. The Hall–Kier alpha value is -3.66. The van der Waals surface area contributed by atoms with Gasteiger partial charge in [0.05, 0.1) is 14.2 Å². The van der Waals surface area contributed by atoms with E-state index < -0.39 is 0 Å². The molecule has 1 heterocycles. The standard InChI is InChI=1S/C13H13NO4.C5H5NO/c1-17-11-6-9(4-3-5-10(15)8-14)7-12(18-2)13(11)16;7-5-3-1-2-4-6-5/h3-7,15-16H,1-2H3;1-4H,(H,6,7)/b4-3+,10-5+;. The van der Waals surface area contributed by atoms with Gasteiger partial charge >= 0.3 is 0 Å². The number of benzene rings is 1. The molecule has 0 aliphatic carbocycles. The van der Waals surface area contributed by atoms with E-state index in [0.717, 1.165) is 0 Å². The van der Waals surface area contributed by atoms with Crippen molar-refractivity contribution in [3.63, 3.8) is 0 Å². The number of H-pyrrole nitrogens is 1. The number of methoxy groups -OCH3 is 2. The molecule has 0 saturated carbocycles. The average Bonchev–Trinajstić information content (AvgIpc) is 2.63. The van der Waals surface area contributed by atoms with Gasteiger partial charge in [-0.3, -0.25) is 4.79 Å². The number of aliphatic hydroxyl groups excluding tert-OH is 1. The molecule has 0 radical (unpaired) electrons. The predicted octanol–water partition coefficient (Wildman–Crippen LogP) is 2.76. The maximum atomic E-state index is 10.2. The Kier molecular flexibility index (Phi) is 7.89. The summed E-state index contributed by atoms with van der Waals surface area (Å²) in [7, 11) is 2.87. The Bertz CT molecular complexity index is 805. The summed E-state index contributed by atoms with van der Waals surface area (Å²) in [5, 5.41) is 27.0. The summed E-state index contributed by atoms with van der Waals surface area (Å²) in [4.78, 5) is 12.7. The lowest BCUT2D eigenvalue weighted by molar-refractivity contribution is 0.340. The van der Waals surface area contributed by atoms with Gasteiger partial charge in [-0.25, -0.2) is 0 Å². The molecule has 7 nitrogen and oxygen atoms in total. The van der Waals surface area contributed by atoms with E-state index in [2.05, 4.69) is 4.98 Å². The minimum atomic E-state index is -0.385. The van der Waals surface area contributed by atoms with Crippen LogP contribution in [0, 0.1) is 11.3 Å². The number of pyridine rings is 1. The third-order valence-electron chi connectivity index (χ3n) is 2.84. The monoisotopic (exact) mass is 342 g/mol. The lowest BCUT2D eigenvalue weighted by Gasteiger charge is -2.09. The summed E-state index contributed by atoms with van der Waals surface area (Å²) in [5.41, 5.74) is 0.644. The van der Waals surface area contributed by atoms with E-state index in [1.54, 1.807) is 42.6 Å². The van der Waals surface area contributed by atoms with Gasteiger partial charge in [0.2, 0.25) is 11.3 Å². The van der Waals surface area contributed by atoms with Crippen LogP contribution in [-0.2, 0) is 0 Å². The largest absolute Gasteiger partial charge is 0.502 e. The number of rotatable bonds is 4. The van der Waals surface area contributed by atoms with Crippen molar-refractivity contribution in [2.24, 2.45) is 0 Å². The SMILES string of the molecule is COc1cc(/C=C/C=C(/O)C#N)cc(OC)c1O.O=c1cccc[nH]1. The van der Waals surface area contributed by atoms with Gasteiger partial charge in [0.15, 0.2) is 17.3 Å². The van der Waals surface area contributed by atoms with Gasteiger partial charge in [0.25, 0.3) is 0 Å². The topological polar surface area (TPSA) is 116 Å². The van der Waals surface area contributed by atoms with Crippen molar-refractivity contribution in [2.45, 2.75) is 0 Å². The zero-order valence-corrected chi connectivity index (χ0v) is 13.8. The van der Waals surface area contributed by atoms with Gasteiger partial charge in [-0.15, -0.1) is 0 Å². The fourth-order valence-electron chi connectivity index (χ4n) is 1.67. The van der Waals surface area contributed by atoms with Crippen LogP contribution in [0.1, 0.15) is 5.56 Å². The van der Waals surface area contributed by atoms with Gasteiger partial charge < -0.3 is 24.7 Å². The molecule has 0 atom stereocenters. The number of nitriles is 1. The van der Waals surface area contributed by atoms with Crippen LogP contribution in [0.4, 0.5) is 0 Å². The van der Waals surface area contributed by atoms with Crippen molar-refractivity contribution in [1.29, 1.82) is 5.26 Å². The number of nitrogens with zero attached hydrogens (tertiary/aromatic N) is 1. The van der Waals surface area contributed by atoms with Crippen LogP contribution in [0.3, 0.4) is 0 Å². The summed E-state index contributed by atoms with van der Waals surface area (Å²) in [6, 6.07) is 9.72. The lowest BCUT2D eigenvalue weighted by atomic mass is 10.1. The predicted molar refractivity (Wildman–Crippen MR) is 93.6 cm³/mol. The zero-order chi connectivity index (χ0) is 18.7. The van der Waals surface area contributed by atoms with E-state index in [4.69, 9.17) is 19.8 Å². The molecule has 1 aromatic carbocycles. The Morgan fingerprint density at radius 2 is 1.88 bits per heavy atom. The molecule has 25 heavy (non-hydrogen) atoms. The summed E-state index contributed by atoms with van der Waals surface area (Å²) >= 11 is 0. The van der Waals surface area contributed by atoms with E-state index >= 15 is 0 Å². The molecule has 1 aromatic heterocycles. The smallest absolute Gasteiger partial charge is 0.247 e. The number of aromatic hydroxyl groups is 1. The minimum Gasteiger partial charge on any atom is -0.502 e. The molecule has 0 fully saturated rings.